The van der Waals surface area contributed by atoms with Gasteiger partial charge in [-0.15, -0.1) is 0 Å². The topological polar surface area (TPSA) is 66.8 Å². The monoisotopic (exact) mass is 353 g/mol. The number of carboxylic acid groups (broad SMARTS) is 1. The number of nitrogens with zero attached hydrogens (tertiary/aromatic N) is 1. The van der Waals surface area contributed by atoms with Crippen LogP contribution in [-0.2, 0) is 15.0 Å². The van der Waals surface area contributed by atoms with Gasteiger partial charge in [-0.25, -0.2) is 0 Å². The Kier molecular flexibility index (Phi) is 5.75. The number of rotatable bonds is 4. The fraction of sp³-hybridized carbons (Fsp3) is 0.556. The Bertz CT molecular complexity index is 616. The molecule has 0 unspecified atom stereocenters. The Hall–Kier alpha value is -1.75. The molecular formula is C18H24ClNO4. The smallest absolute Gasteiger partial charge is 0.312 e. The van der Waals surface area contributed by atoms with Crippen LogP contribution < -0.4 is 4.74 Å². The van der Waals surface area contributed by atoms with Crippen molar-refractivity contribution in [1.29, 1.82) is 0 Å². The van der Waals surface area contributed by atoms with Gasteiger partial charge in [-0.3, -0.25) is 9.59 Å². The van der Waals surface area contributed by atoms with Crippen LogP contribution in [0.5, 0.6) is 5.75 Å². The van der Waals surface area contributed by atoms with E-state index < -0.39 is 12.4 Å². The molecule has 1 aliphatic heterocycles. The van der Waals surface area contributed by atoms with Gasteiger partial charge in [0.2, 0.25) is 5.91 Å². The van der Waals surface area contributed by atoms with Crippen molar-refractivity contribution in [1.82, 2.24) is 4.90 Å². The first-order valence-corrected chi connectivity index (χ1v) is 8.51. The number of carboxylic acids is 1. The van der Waals surface area contributed by atoms with Crippen molar-refractivity contribution in [3.63, 3.8) is 0 Å². The molecular weight excluding hydrogens is 330 g/mol. The lowest BCUT2D eigenvalue weighted by Crippen LogP contribution is -2.42. The molecule has 1 heterocycles. The second-order valence-electron chi connectivity index (χ2n) is 7.16. The Morgan fingerprint density at radius 3 is 2.46 bits per heavy atom. The number of hydrogen-bond donors (Lipinski definition) is 1. The molecule has 1 fully saturated rings. The van der Waals surface area contributed by atoms with Crippen molar-refractivity contribution in [3.05, 3.63) is 28.8 Å². The Labute approximate surface area is 147 Å². The number of likely N-dealkylation sites (tertiary alicyclic amines) is 1. The van der Waals surface area contributed by atoms with E-state index in [0.717, 1.165) is 11.3 Å². The van der Waals surface area contributed by atoms with Gasteiger partial charge in [0.1, 0.15) is 18.3 Å². The lowest BCUT2D eigenvalue weighted by atomic mass is 9.86. The zero-order valence-corrected chi connectivity index (χ0v) is 15.1. The zero-order chi connectivity index (χ0) is 17.9. The van der Waals surface area contributed by atoms with Crippen LogP contribution in [0.25, 0.3) is 0 Å². The maximum absolute atomic E-state index is 11.8. The maximum atomic E-state index is 11.8. The van der Waals surface area contributed by atoms with E-state index in [4.69, 9.17) is 21.4 Å². The summed E-state index contributed by atoms with van der Waals surface area (Å²) in [6, 6.07) is 5.64. The first-order chi connectivity index (χ1) is 11.2. The number of piperidine rings is 1. The quantitative estimate of drug-likeness (QED) is 0.841. The molecule has 6 heteroatoms. The number of hydrogen-bond acceptors (Lipinski definition) is 3. The van der Waals surface area contributed by atoms with Crippen LogP contribution in [0.4, 0.5) is 0 Å². The van der Waals surface area contributed by atoms with Crippen LogP contribution in [0.15, 0.2) is 18.2 Å². The average Bonchev–Trinajstić information content (AvgIpc) is 2.48. The highest BCUT2D eigenvalue weighted by atomic mass is 35.5. The van der Waals surface area contributed by atoms with Gasteiger partial charge >= 0.3 is 5.97 Å². The summed E-state index contributed by atoms with van der Waals surface area (Å²) in [6.07, 6.45) is 0.951. The molecule has 1 amide bonds. The third-order valence-corrected chi connectivity index (χ3v) is 4.38. The summed E-state index contributed by atoms with van der Waals surface area (Å²) in [5.41, 5.74) is 0.970. The molecule has 0 saturated carbocycles. The van der Waals surface area contributed by atoms with Gasteiger partial charge in [-0.1, -0.05) is 32.4 Å². The van der Waals surface area contributed by atoms with Crippen LogP contribution in [0.2, 0.25) is 5.02 Å². The van der Waals surface area contributed by atoms with Gasteiger partial charge in [-0.2, -0.15) is 0 Å². The molecule has 0 radical (unpaired) electrons. The third-order valence-electron chi connectivity index (χ3n) is 4.14. The highest BCUT2D eigenvalue weighted by Crippen LogP contribution is 2.35. The van der Waals surface area contributed by atoms with Gasteiger partial charge in [-0.05, 0) is 23.6 Å². The summed E-state index contributed by atoms with van der Waals surface area (Å²) in [6.45, 7) is 7.38. The number of aliphatic carboxylic acids is 1. The molecule has 5 nitrogen and oxygen atoms in total. The van der Waals surface area contributed by atoms with E-state index in [1.165, 1.54) is 0 Å². The number of benzene rings is 1. The molecule has 132 valence electrons. The standard InChI is InChI=1S/C18H24ClNO4/c1-18(2,3)14-10-12(19)4-5-15(14)24-13-6-8-20(9-7-13)16(21)11-17(22)23/h4-5,10,13H,6-9,11H2,1-3H3,(H,22,23). The summed E-state index contributed by atoms with van der Waals surface area (Å²) in [5, 5.41) is 9.39. The Morgan fingerprint density at radius 2 is 1.92 bits per heavy atom. The predicted molar refractivity (Wildman–Crippen MR) is 92.6 cm³/mol. The van der Waals surface area contributed by atoms with E-state index in [2.05, 4.69) is 20.8 Å². The van der Waals surface area contributed by atoms with E-state index >= 15 is 0 Å². The van der Waals surface area contributed by atoms with Crippen molar-refractivity contribution in [2.75, 3.05) is 13.1 Å². The summed E-state index contributed by atoms with van der Waals surface area (Å²) in [7, 11) is 0. The number of carbonyl (C=O) groups is 2. The molecule has 0 spiro atoms. The third kappa shape index (κ3) is 4.87. The van der Waals surface area contributed by atoms with Gasteiger partial charge in [0.25, 0.3) is 0 Å². The van der Waals surface area contributed by atoms with Crippen LogP contribution in [0.1, 0.15) is 45.6 Å². The van der Waals surface area contributed by atoms with Crippen LogP contribution >= 0.6 is 11.6 Å². The average molecular weight is 354 g/mol. The normalized spacial score (nSPS) is 16.1. The van der Waals surface area contributed by atoms with Gasteiger partial charge in [0, 0.05) is 36.5 Å². The van der Waals surface area contributed by atoms with Gasteiger partial charge < -0.3 is 14.7 Å². The van der Waals surface area contributed by atoms with Crippen molar-refractivity contribution in [2.24, 2.45) is 0 Å². The van der Waals surface area contributed by atoms with E-state index in [0.29, 0.717) is 31.0 Å². The van der Waals surface area contributed by atoms with Crippen LogP contribution in [0, 0.1) is 0 Å². The summed E-state index contributed by atoms with van der Waals surface area (Å²) in [5.74, 6) is -0.598. The van der Waals surface area contributed by atoms with E-state index in [1.54, 1.807) is 4.90 Å². The number of halogens is 1. The van der Waals surface area contributed by atoms with E-state index in [-0.39, 0.29) is 17.4 Å². The van der Waals surface area contributed by atoms with Crippen molar-refractivity contribution < 1.29 is 19.4 Å². The van der Waals surface area contributed by atoms with Crippen molar-refractivity contribution >= 4 is 23.5 Å². The predicted octanol–water partition coefficient (Wildman–Crippen LogP) is 3.48. The molecule has 1 aliphatic rings. The molecule has 0 atom stereocenters. The van der Waals surface area contributed by atoms with Crippen molar-refractivity contribution in [2.45, 2.75) is 51.6 Å². The second-order valence-corrected chi connectivity index (χ2v) is 7.60. The van der Waals surface area contributed by atoms with E-state index in [1.807, 2.05) is 18.2 Å². The SMILES string of the molecule is CC(C)(C)c1cc(Cl)ccc1OC1CCN(C(=O)CC(=O)O)CC1. The van der Waals surface area contributed by atoms with Gasteiger partial charge in [0.05, 0.1) is 0 Å². The minimum absolute atomic E-state index is 0.0150. The second kappa shape index (κ2) is 7.43. The number of ether oxygens (including phenoxy) is 1. The van der Waals surface area contributed by atoms with Crippen LogP contribution in [-0.4, -0.2) is 41.1 Å². The molecule has 0 bridgehead atoms. The Balaban J connectivity index is 2.00. The molecule has 0 aliphatic carbocycles. The number of carbonyl (C=O) groups excluding carboxylic acids is 1. The molecule has 2 rings (SSSR count). The van der Waals surface area contributed by atoms with Crippen molar-refractivity contribution in [3.8, 4) is 5.75 Å². The summed E-state index contributed by atoms with van der Waals surface area (Å²) < 4.78 is 6.16. The highest BCUT2D eigenvalue weighted by molar-refractivity contribution is 6.30. The molecule has 1 N–H and O–H groups in total. The molecule has 1 aromatic rings. The molecule has 1 aromatic carbocycles. The molecule has 1 saturated heterocycles. The highest BCUT2D eigenvalue weighted by Gasteiger charge is 2.27. The first-order valence-electron chi connectivity index (χ1n) is 8.13. The van der Waals surface area contributed by atoms with Crippen LogP contribution in [0.3, 0.4) is 0 Å². The lowest BCUT2D eigenvalue weighted by molar-refractivity contribution is -0.145. The van der Waals surface area contributed by atoms with Gasteiger partial charge in [0.15, 0.2) is 0 Å². The fourth-order valence-corrected chi connectivity index (χ4v) is 3.01. The summed E-state index contributed by atoms with van der Waals surface area (Å²) >= 11 is 6.11. The maximum Gasteiger partial charge on any atom is 0.312 e. The minimum atomic E-state index is -1.09. The molecule has 0 aromatic heterocycles. The minimum Gasteiger partial charge on any atom is -0.490 e. The zero-order valence-electron chi connectivity index (χ0n) is 14.3. The summed E-state index contributed by atoms with van der Waals surface area (Å²) in [4.78, 5) is 24.0. The fourth-order valence-electron chi connectivity index (χ4n) is 2.83. The largest absolute Gasteiger partial charge is 0.490 e. The molecule has 24 heavy (non-hydrogen) atoms. The van der Waals surface area contributed by atoms with E-state index in [9.17, 15) is 9.59 Å². The Morgan fingerprint density at radius 1 is 1.29 bits per heavy atom. The first kappa shape index (κ1) is 18.6. The number of amides is 1. The lowest BCUT2D eigenvalue weighted by Gasteiger charge is -2.33.